The van der Waals surface area contributed by atoms with E-state index in [1.807, 2.05) is 36.4 Å². The molecule has 3 N–H and O–H groups in total. The van der Waals surface area contributed by atoms with Gasteiger partial charge in [-0.25, -0.2) is 0 Å². The zero-order valence-corrected chi connectivity index (χ0v) is 11.4. The van der Waals surface area contributed by atoms with E-state index in [4.69, 9.17) is 14.9 Å². The van der Waals surface area contributed by atoms with Gasteiger partial charge < -0.3 is 20.2 Å². The van der Waals surface area contributed by atoms with E-state index in [1.54, 1.807) is 0 Å². The summed E-state index contributed by atoms with van der Waals surface area (Å²) in [5, 5.41) is 3.18. The summed E-state index contributed by atoms with van der Waals surface area (Å²) in [6.45, 7) is 0.640. The molecule has 0 aliphatic carbocycles. The highest BCUT2D eigenvalue weighted by molar-refractivity contribution is 5.86. The average molecular weight is 281 g/mol. The number of nitrogens with zero attached hydrogens (tertiary/aromatic N) is 1. The van der Waals surface area contributed by atoms with Crippen LogP contribution in [0.15, 0.2) is 46.9 Å². The van der Waals surface area contributed by atoms with Crippen LogP contribution in [-0.4, -0.2) is 17.6 Å². The van der Waals surface area contributed by atoms with Crippen LogP contribution in [0.25, 0.3) is 11.1 Å². The van der Waals surface area contributed by atoms with Crippen LogP contribution < -0.4 is 15.8 Å². The van der Waals surface area contributed by atoms with Crippen LogP contribution >= 0.6 is 0 Å². The largest absolute Gasteiger partial charge is 0.488 e. The summed E-state index contributed by atoms with van der Waals surface area (Å²) in [6.07, 6.45) is 0.987. The van der Waals surface area contributed by atoms with Gasteiger partial charge >= 0.3 is 0 Å². The fraction of sp³-hybridized carbons (Fsp3) is 0.188. The molecule has 0 spiro atoms. The molecule has 1 aliphatic rings. The topological polar surface area (TPSA) is 73.3 Å². The second-order valence-electron chi connectivity index (χ2n) is 5.15. The number of nitrogens with two attached hydrogens (primary N) is 1. The Morgan fingerprint density at radius 3 is 2.95 bits per heavy atom. The smallest absolute Gasteiger partial charge is 0.295 e. The van der Waals surface area contributed by atoms with E-state index in [-0.39, 0.29) is 6.10 Å². The Balaban J connectivity index is 1.46. The first-order valence-corrected chi connectivity index (χ1v) is 6.93. The SMILES string of the molecule is Nc1cccc2oc(NCC3Cc4ccccc4O3)nc12. The predicted molar refractivity (Wildman–Crippen MR) is 81.5 cm³/mol. The lowest BCUT2D eigenvalue weighted by Gasteiger charge is -2.10. The highest BCUT2D eigenvalue weighted by atomic mass is 16.5. The molecule has 21 heavy (non-hydrogen) atoms. The summed E-state index contributed by atoms with van der Waals surface area (Å²) < 4.78 is 11.5. The molecule has 4 rings (SSSR count). The fourth-order valence-corrected chi connectivity index (χ4v) is 2.61. The minimum atomic E-state index is 0.0924. The normalized spacial score (nSPS) is 16.7. The Hall–Kier alpha value is -2.69. The number of rotatable bonds is 3. The van der Waals surface area contributed by atoms with Gasteiger partial charge in [0.15, 0.2) is 5.58 Å². The minimum absolute atomic E-state index is 0.0924. The van der Waals surface area contributed by atoms with E-state index in [2.05, 4.69) is 16.4 Å². The monoisotopic (exact) mass is 281 g/mol. The van der Waals surface area contributed by atoms with Crippen molar-refractivity contribution in [3.05, 3.63) is 48.0 Å². The van der Waals surface area contributed by atoms with Gasteiger partial charge in [0.05, 0.1) is 12.2 Å². The van der Waals surface area contributed by atoms with E-state index in [9.17, 15) is 0 Å². The van der Waals surface area contributed by atoms with Gasteiger partial charge in [0.2, 0.25) is 0 Å². The number of para-hydroxylation sites is 2. The third-order valence-electron chi connectivity index (χ3n) is 3.64. The van der Waals surface area contributed by atoms with Gasteiger partial charge in [-0.15, -0.1) is 0 Å². The molecule has 5 heteroatoms. The van der Waals surface area contributed by atoms with Crippen LogP contribution in [0.3, 0.4) is 0 Å². The predicted octanol–water partition coefficient (Wildman–Crippen LogP) is 2.83. The summed E-state index contributed by atoms with van der Waals surface area (Å²) in [7, 11) is 0. The number of oxazole rings is 1. The molecule has 1 unspecified atom stereocenters. The molecular weight excluding hydrogens is 266 g/mol. The molecule has 5 nitrogen and oxygen atoms in total. The number of aromatic nitrogens is 1. The first-order valence-electron chi connectivity index (χ1n) is 6.93. The van der Waals surface area contributed by atoms with Gasteiger partial charge in [-0.05, 0) is 23.8 Å². The molecule has 2 heterocycles. The van der Waals surface area contributed by atoms with E-state index in [0.29, 0.717) is 29.3 Å². The maximum absolute atomic E-state index is 5.87. The Morgan fingerprint density at radius 2 is 2.10 bits per heavy atom. The number of hydrogen-bond acceptors (Lipinski definition) is 5. The number of fused-ring (bicyclic) bond motifs is 2. The van der Waals surface area contributed by atoms with Crippen molar-refractivity contribution in [3.63, 3.8) is 0 Å². The second kappa shape index (κ2) is 4.70. The molecule has 0 saturated carbocycles. The van der Waals surface area contributed by atoms with Gasteiger partial charge in [0.25, 0.3) is 6.01 Å². The molecule has 1 aromatic heterocycles. The highest BCUT2D eigenvalue weighted by Gasteiger charge is 2.22. The van der Waals surface area contributed by atoms with Crippen LogP contribution in [0, 0.1) is 0 Å². The van der Waals surface area contributed by atoms with Gasteiger partial charge in [0.1, 0.15) is 17.4 Å². The van der Waals surface area contributed by atoms with Crippen molar-refractivity contribution in [2.45, 2.75) is 12.5 Å². The van der Waals surface area contributed by atoms with Crippen molar-refractivity contribution in [3.8, 4) is 5.75 Å². The van der Waals surface area contributed by atoms with Crippen molar-refractivity contribution in [2.75, 3.05) is 17.6 Å². The zero-order chi connectivity index (χ0) is 14.2. The summed E-state index contributed by atoms with van der Waals surface area (Å²) in [6, 6.07) is 14.1. The zero-order valence-electron chi connectivity index (χ0n) is 11.4. The molecular formula is C16H15N3O2. The lowest BCUT2D eigenvalue weighted by Crippen LogP contribution is -2.24. The number of ether oxygens (including phenoxy) is 1. The Labute approximate surface area is 121 Å². The van der Waals surface area contributed by atoms with Gasteiger partial charge in [0, 0.05) is 6.42 Å². The molecule has 0 radical (unpaired) electrons. The van der Waals surface area contributed by atoms with Gasteiger partial charge in [-0.3, -0.25) is 0 Å². The first-order chi connectivity index (χ1) is 10.3. The van der Waals surface area contributed by atoms with Crippen LogP contribution in [0.2, 0.25) is 0 Å². The van der Waals surface area contributed by atoms with Crippen LogP contribution in [0.5, 0.6) is 5.75 Å². The average Bonchev–Trinajstić information content (AvgIpc) is 3.09. The number of nitrogens with one attached hydrogen (secondary N) is 1. The van der Waals surface area contributed by atoms with E-state index in [0.717, 1.165) is 12.2 Å². The summed E-state index contributed by atoms with van der Waals surface area (Å²) in [4.78, 5) is 4.36. The molecule has 106 valence electrons. The molecule has 0 saturated heterocycles. The Bertz CT molecular complexity index is 772. The number of nitrogen functional groups attached to an aromatic ring is 1. The van der Waals surface area contributed by atoms with Crippen molar-refractivity contribution >= 4 is 22.8 Å². The van der Waals surface area contributed by atoms with Crippen molar-refractivity contribution in [1.82, 2.24) is 4.98 Å². The maximum atomic E-state index is 5.87. The molecule has 3 aromatic rings. The fourth-order valence-electron chi connectivity index (χ4n) is 2.61. The molecule has 0 bridgehead atoms. The first kappa shape index (κ1) is 12.1. The summed E-state index contributed by atoms with van der Waals surface area (Å²) in [5.41, 5.74) is 9.11. The molecule has 1 aliphatic heterocycles. The highest BCUT2D eigenvalue weighted by Crippen LogP contribution is 2.28. The number of anilines is 2. The minimum Gasteiger partial charge on any atom is -0.488 e. The van der Waals surface area contributed by atoms with E-state index in [1.165, 1.54) is 5.56 Å². The summed E-state index contributed by atoms with van der Waals surface area (Å²) >= 11 is 0. The standard InChI is InChI=1S/C16H15N3O2/c17-12-5-3-7-14-15(12)19-16(21-14)18-9-11-8-10-4-1-2-6-13(10)20-11/h1-7,11H,8-9,17H2,(H,18,19). The third kappa shape index (κ3) is 2.16. The maximum Gasteiger partial charge on any atom is 0.295 e. The van der Waals surface area contributed by atoms with Crippen LogP contribution in [0.1, 0.15) is 5.56 Å². The molecule has 2 aromatic carbocycles. The number of hydrogen-bond donors (Lipinski definition) is 2. The van der Waals surface area contributed by atoms with Crippen molar-refractivity contribution < 1.29 is 9.15 Å². The second-order valence-corrected chi connectivity index (χ2v) is 5.15. The van der Waals surface area contributed by atoms with Gasteiger partial charge in [-0.2, -0.15) is 4.98 Å². The van der Waals surface area contributed by atoms with Crippen LogP contribution in [0.4, 0.5) is 11.7 Å². The summed E-state index contributed by atoms with van der Waals surface area (Å²) in [5.74, 6) is 0.964. The third-order valence-corrected chi connectivity index (χ3v) is 3.64. The number of benzene rings is 2. The Kier molecular flexibility index (Phi) is 2.70. The molecule has 0 amide bonds. The van der Waals surface area contributed by atoms with Crippen LogP contribution in [-0.2, 0) is 6.42 Å². The molecule has 0 fully saturated rings. The molecule has 1 atom stereocenters. The lowest BCUT2D eigenvalue weighted by molar-refractivity contribution is 0.245. The lowest BCUT2D eigenvalue weighted by atomic mass is 10.1. The van der Waals surface area contributed by atoms with Gasteiger partial charge in [-0.1, -0.05) is 24.3 Å². The van der Waals surface area contributed by atoms with E-state index >= 15 is 0 Å². The van der Waals surface area contributed by atoms with Crippen molar-refractivity contribution in [1.29, 1.82) is 0 Å². The Morgan fingerprint density at radius 1 is 1.19 bits per heavy atom. The van der Waals surface area contributed by atoms with E-state index < -0.39 is 0 Å². The quantitative estimate of drug-likeness (QED) is 0.722. The van der Waals surface area contributed by atoms with Crippen molar-refractivity contribution in [2.24, 2.45) is 0 Å².